The third kappa shape index (κ3) is 3.29. The molecule has 1 fully saturated rings. The van der Waals surface area contributed by atoms with Crippen molar-refractivity contribution in [3.05, 3.63) is 81.7 Å². The van der Waals surface area contributed by atoms with Crippen LogP contribution in [-0.4, -0.2) is 19.1 Å². The van der Waals surface area contributed by atoms with Gasteiger partial charge in [0.25, 0.3) is 5.91 Å². The monoisotopic (exact) mass is 385 g/mol. The summed E-state index contributed by atoms with van der Waals surface area (Å²) in [5, 5.41) is 3.39. The lowest BCUT2D eigenvalue weighted by molar-refractivity contribution is 0.0332. The number of amides is 1. The molecule has 5 nitrogen and oxygen atoms in total. The van der Waals surface area contributed by atoms with Gasteiger partial charge in [-0.2, -0.15) is 0 Å². The van der Waals surface area contributed by atoms with Crippen molar-refractivity contribution < 1.29 is 22.7 Å². The Balaban J connectivity index is 1.74. The Kier molecular flexibility index (Phi) is 4.68. The van der Waals surface area contributed by atoms with Gasteiger partial charge in [-0.1, -0.05) is 24.3 Å². The summed E-state index contributed by atoms with van der Waals surface area (Å²) in [6, 6.07) is 11.5. The highest BCUT2D eigenvalue weighted by Crippen LogP contribution is 2.34. The lowest BCUT2D eigenvalue weighted by Crippen LogP contribution is -2.50. The Morgan fingerprint density at radius 2 is 1.79 bits per heavy atom. The van der Waals surface area contributed by atoms with Gasteiger partial charge in [-0.3, -0.25) is 4.79 Å². The van der Waals surface area contributed by atoms with Gasteiger partial charge >= 0.3 is 5.63 Å². The zero-order valence-corrected chi connectivity index (χ0v) is 14.8. The van der Waals surface area contributed by atoms with E-state index in [-0.39, 0.29) is 11.1 Å². The zero-order chi connectivity index (χ0) is 19.7. The molecule has 0 aliphatic carbocycles. The van der Waals surface area contributed by atoms with E-state index in [4.69, 9.17) is 9.15 Å². The smallest absolute Gasteiger partial charge is 0.349 e. The van der Waals surface area contributed by atoms with Gasteiger partial charge < -0.3 is 14.5 Å². The third-order valence-corrected chi connectivity index (χ3v) is 5.03. The summed E-state index contributed by atoms with van der Waals surface area (Å²) in [5.41, 5.74) is -1.53. The molecular weight excluding hydrogens is 368 g/mol. The molecule has 7 heteroatoms. The van der Waals surface area contributed by atoms with E-state index in [9.17, 15) is 18.4 Å². The van der Waals surface area contributed by atoms with Gasteiger partial charge in [0.2, 0.25) is 0 Å². The summed E-state index contributed by atoms with van der Waals surface area (Å²) >= 11 is 0. The number of hydrogen-bond donors (Lipinski definition) is 1. The summed E-state index contributed by atoms with van der Waals surface area (Å²) in [5.74, 6) is -2.14. The summed E-state index contributed by atoms with van der Waals surface area (Å²) in [6.07, 6.45) is 0.584. The number of fused-ring (bicyclic) bond motifs is 1. The summed E-state index contributed by atoms with van der Waals surface area (Å²) in [4.78, 5) is 25.2. The lowest BCUT2D eigenvalue weighted by atomic mass is 9.82. The largest absolute Gasteiger partial charge is 0.422 e. The molecular formula is C21H17F2NO4. The molecule has 28 heavy (non-hydrogen) atoms. The van der Waals surface area contributed by atoms with Crippen LogP contribution in [0.3, 0.4) is 0 Å². The fraction of sp³-hybridized carbons (Fsp3) is 0.238. The van der Waals surface area contributed by atoms with Crippen LogP contribution in [0, 0.1) is 11.6 Å². The molecule has 4 rings (SSSR count). The molecule has 1 aliphatic rings. The van der Waals surface area contributed by atoms with Crippen molar-refractivity contribution in [1.29, 1.82) is 0 Å². The van der Waals surface area contributed by atoms with Gasteiger partial charge in [-0.05, 0) is 31.0 Å². The van der Waals surface area contributed by atoms with Crippen molar-refractivity contribution >= 4 is 16.9 Å². The Hall–Kier alpha value is -3.06. The van der Waals surface area contributed by atoms with Gasteiger partial charge in [0.15, 0.2) is 0 Å². The number of hydrogen-bond acceptors (Lipinski definition) is 4. The molecule has 0 radical (unpaired) electrons. The molecule has 1 aromatic heterocycles. The van der Waals surface area contributed by atoms with Crippen molar-refractivity contribution in [2.75, 3.05) is 13.2 Å². The van der Waals surface area contributed by atoms with Crippen LogP contribution in [0.5, 0.6) is 0 Å². The van der Waals surface area contributed by atoms with Crippen LogP contribution in [0.1, 0.15) is 28.8 Å². The second kappa shape index (κ2) is 7.16. The normalized spacial score (nSPS) is 16.1. The van der Waals surface area contributed by atoms with E-state index in [1.165, 1.54) is 12.1 Å². The number of para-hydroxylation sites is 1. The molecule has 2 heterocycles. The van der Waals surface area contributed by atoms with Gasteiger partial charge in [-0.15, -0.1) is 0 Å². The highest BCUT2D eigenvalue weighted by molar-refractivity contribution is 5.97. The Labute approximate surface area is 158 Å². The topological polar surface area (TPSA) is 68.5 Å². The molecule has 144 valence electrons. The number of benzene rings is 2. The molecule has 0 bridgehead atoms. The molecule has 1 saturated heterocycles. The van der Waals surface area contributed by atoms with Gasteiger partial charge in [0, 0.05) is 30.2 Å². The van der Waals surface area contributed by atoms with Gasteiger partial charge in [0.1, 0.15) is 22.8 Å². The molecule has 0 saturated carbocycles. The second-order valence-corrected chi connectivity index (χ2v) is 6.76. The maximum atomic E-state index is 14.5. The van der Waals surface area contributed by atoms with Crippen LogP contribution >= 0.6 is 0 Å². The Bertz CT molecular complexity index is 1100. The predicted molar refractivity (Wildman–Crippen MR) is 98.0 cm³/mol. The van der Waals surface area contributed by atoms with Crippen LogP contribution in [0.4, 0.5) is 8.78 Å². The minimum Gasteiger partial charge on any atom is -0.422 e. The van der Waals surface area contributed by atoms with Crippen molar-refractivity contribution in [2.24, 2.45) is 0 Å². The highest BCUT2D eigenvalue weighted by atomic mass is 19.1. The van der Waals surface area contributed by atoms with Crippen LogP contribution in [-0.2, 0) is 10.3 Å². The molecule has 3 aromatic rings. The van der Waals surface area contributed by atoms with Crippen LogP contribution in [0.15, 0.2) is 57.7 Å². The summed E-state index contributed by atoms with van der Waals surface area (Å²) < 4.78 is 38.4. The highest BCUT2D eigenvalue weighted by Gasteiger charge is 2.39. The minimum atomic E-state index is -1.11. The van der Waals surface area contributed by atoms with Gasteiger partial charge in [-0.25, -0.2) is 13.6 Å². The molecule has 2 aromatic carbocycles. The van der Waals surface area contributed by atoms with Crippen LogP contribution in [0.25, 0.3) is 11.0 Å². The average Bonchev–Trinajstić information content (AvgIpc) is 2.68. The molecule has 1 aliphatic heterocycles. The average molecular weight is 385 g/mol. The van der Waals surface area contributed by atoms with Gasteiger partial charge in [0.05, 0.1) is 5.54 Å². The molecule has 0 unspecified atom stereocenters. The number of nitrogens with one attached hydrogen (secondary N) is 1. The fourth-order valence-corrected chi connectivity index (χ4v) is 3.56. The maximum Gasteiger partial charge on any atom is 0.349 e. The van der Waals surface area contributed by atoms with E-state index in [1.807, 2.05) is 0 Å². The minimum absolute atomic E-state index is 0.163. The van der Waals surface area contributed by atoms with E-state index >= 15 is 0 Å². The third-order valence-electron chi connectivity index (χ3n) is 5.03. The van der Waals surface area contributed by atoms with E-state index in [0.717, 1.165) is 12.1 Å². The maximum absolute atomic E-state index is 14.5. The first kappa shape index (κ1) is 18.3. The molecule has 1 amide bonds. The standard InChI is InChI=1S/C21H17F2NO4/c22-14-5-6-16(17(23)12-14)21(7-9-27-10-8-21)24-19(25)15-11-13-3-1-2-4-18(13)28-20(15)26/h1-6,11-12H,7-10H2,(H,24,25). The van der Waals surface area contributed by atoms with Crippen molar-refractivity contribution in [3.63, 3.8) is 0 Å². The number of carbonyl (C=O) groups is 1. The van der Waals surface area contributed by atoms with Crippen molar-refractivity contribution in [3.8, 4) is 0 Å². The summed E-state index contributed by atoms with van der Waals surface area (Å²) in [7, 11) is 0. The number of halogens is 2. The molecule has 0 atom stereocenters. The number of carbonyl (C=O) groups excluding carboxylic acids is 1. The number of rotatable bonds is 3. The first-order chi connectivity index (χ1) is 13.5. The Morgan fingerprint density at radius 3 is 2.54 bits per heavy atom. The first-order valence-corrected chi connectivity index (χ1v) is 8.87. The van der Waals surface area contributed by atoms with Crippen LogP contribution < -0.4 is 10.9 Å². The quantitative estimate of drug-likeness (QED) is 0.701. The number of ether oxygens (including phenoxy) is 1. The van der Waals surface area contributed by atoms with E-state index in [0.29, 0.717) is 37.0 Å². The van der Waals surface area contributed by atoms with Crippen LogP contribution in [0.2, 0.25) is 0 Å². The zero-order valence-electron chi connectivity index (χ0n) is 14.8. The van der Waals surface area contributed by atoms with Crippen molar-refractivity contribution in [2.45, 2.75) is 18.4 Å². The second-order valence-electron chi connectivity index (χ2n) is 6.76. The van der Waals surface area contributed by atoms with Crippen molar-refractivity contribution in [1.82, 2.24) is 5.32 Å². The summed E-state index contributed by atoms with van der Waals surface area (Å²) in [6.45, 7) is 0.590. The lowest BCUT2D eigenvalue weighted by Gasteiger charge is -2.38. The van der Waals surface area contributed by atoms with E-state index in [1.54, 1.807) is 24.3 Å². The SMILES string of the molecule is O=C(NC1(c2ccc(F)cc2F)CCOCC1)c1cc2ccccc2oc1=O. The molecule has 1 N–H and O–H groups in total. The first-order valence-electron chi connectivity index (χ1n) is 8.87. The fourth-order valence-electron chi connectivity index (χ4n) is 3.56. The molecule has 0 spiro atoms. The van der Waals surface area contributed by atoms with E-state index < -0.39 is 28.7 Å². The Morgan fingerprint density at radius 1 is 1.04 bits per heavy atom. The predicted octanol–water partition coefficient (Wildman–Crippen LogP) is 3.51. The van der Waals surface area contributed by atoms with E-state index in [2.05, 4.69) is 5.32 Å².